The molecular weight excluding hydrogens is 433 g/mol. The molecule has 1 aromatic rings. The first-order valence-electron chi connectivity index (χ1n) is 8.12. The van der Waals surface area contributed by atoms with Crippen LogP contribution in [0.4, 0.5) is 0 Å². The quantitative estimate of drug-likeness (QED) is 0.294. The molecule has 0 radical (unpaired) electrons. The largest absolute Gasteiger partial charge is 0.496 e. The van der Waals surface area contributed by atoms with Gasteiger partial charge in [0.05, 0.1) is 13.7 Å². The molecule has 142 valence electrons. The summed E-state index contributed by atoms with van der Waals surface area (Å²) in [5.41, 5.74) is 1.62. The van der Waals surface area contributed by atoms with Crippen molar-refractivity contribution in [2.24, 2.45) is 4.99 Å². The van der Waals surface area contributed by atoms with Crippen LogP contribution in [-0.2, 0) is 16.1 Å². The lowest BCUT2D eigenvalue weighted by molar-refractivity contribution is -0.153. The Kier molecular flexibility index (Phi) is 10.5. The highest BCUT2D eigenvalue weighted by Gasteiger charge is 2.16. The van der Waals surface area contributed by atoms with Gasteiger partial charge in [0.2, 0.25) is 0 Å². The second kappa shape index (κ2) is 11.2. The van der Waals surface area contributed by atoms with E-state index in [1.54, 1.807) is 7.11 Å². The van der Waals surface area contributed by atoms with Gasteiger partial charge in [0.25, 0.3) is 0 Å². The van der Waals surface area contributed by atoms with Crippen LogP contribution < -0.4 is 15.4 Å². The normalized spacial score (nSPS) is 11.4. The van der Waals surface area contributed by atoms with Crippen molar-refractivity contribution in [2.45, 2.75) is 46.8 Å². The van der Waals surface area contributed by atoms with Crippen LogP contribution in [0.3, 0.4) is 0 Å². The van der Waals surface area contributed by atoms with Crippen molar-refractivity contribution >= 4 is 35.9 Å². The molecule has 0 saturated carbocycles. The molecule has 0 saturated heterocycles. The van der Waals surface area contributed by atoms with E-state index in [9.17, 15) is 4.79 Å². The Morgan fingerprint density at radius 3 is 2.48 bits per heavy atom. The van der Waals surface area contributed by atoms with Crippen LogP contribution in [0.25, 0.3) is 0 Å². The number of benzene rings is 1. The van der Waals surface area contributed by atoms with Gasteiger partial charge in [-0.2, -0.15) is 0 Å². The molecule has 0 unspecified atom stereocenters. The van der Waals surface area contributed by atoms with E-state index in [0.717, 1.165) is 16.9 Å². The van der Waals surface area contributed by atoms with Gasteiger partial charge >= 0.3 is 5.97 Å². The SMILES string of the molecule is CCNC(=NCc1ccc(C)cc1OC)NCC(=O)OC(C)(C)C.I. The third-order valence-electron chi connectivity index (χ3n) is 3.01. The van der Waals surface area contributed by atoms with Gasteiger partial charge in [-0.15, -0.1) is 24.0 Å². The summed E-state index contributed by atoms with van der Waals surface area (Å²) in [6.45, 7) is 10.7. The molecule has 0 aliphatic carbocycles. The third-order valence-corrected chi connectivity index (χ3v) is 3.01. The summed E-state index contributed by atoms with van der Waals surface area (Å²) in [4.78, 5) is 16.3. The Hall–Kier alpha value is -1.51. The Labute approximate surface area is 167 Å². The number of nitrogens with one attached hydrogen (secondary N) is 2. The summed E-state index contributed by atoms with van der Waals surface area (Å²) in [6.07, 6.45) is 0. The zero-order valence-corrected chi connectivity index (χ0v) is 18.3. The minimum absolute atomic E-state index is 0. The van der Waals surface area contributed by atoms with Crippen LogP contribution in [0.1, 0.15) is 38.8 Å². The van der Waals surface area contributed by atoms with E-state index in [0.29, 0.717) is 19.0 Å². The van der Waals surface area contributed by atoms with Gasteiger partial charge in [-0.05, 0) is 46.2 Å². The number of hydrogen-bond donors (Lipinski definition) is 2. The first-order valence-corrected chi connectivity index (χ1v) is 8.12. The molecule has 0 atom stereocenters. The molecular formula is C18H30IN3O3. The van der Waals surface area contributed by atoms with Gasteiger partial charge in [-0.25, -0.2) is 4.99 Å². The first kappa shape index (κ1) is 23.5. The van der Waals surface area contributed by atoms with Crippen LogP contribution in [0.2, 0.25) is 0 Å². The van der Waals surface area contributed by atoms with Gasteiger partial charge in [-0.3, -0.25) is 4.79 Å². The zero-order chi connectivity index (χ0) is 18.2. The Morgan fingerprint density at radius 1 is 1.24 bits per heavy atom. The summed E-state index contributed by atoms with van der Waals surface area (Å²) in [7, 11) is 1.65. The second-order valence-electron chi connectivity index (χ2n) is 6.45. The molecule has 0 amide bonds. The number of carbonyl (C=O) groups is 1. The Morgan fingerprint density at radius 2 is 1.92 bits per heavy atom. The zero-order valence-electron chi connectivity index (χ0n) is 15.9. The number of carbonyl (C=O) groups excluding carboxylic acids is 1. The molecule has 0 aliphatic heterocycles. The molecule has 25 heavy (non-hydrogen) atoms. The Balaban J connectivity index is 0.00000576. The second-order valence-corrected chi connectivity index (χ2v) is 6.45. The van der Waals surface area contributed by atoms with Crippen molar-refractivity contribution < 1.29 is 14.3 Å². The molecule has 1 aromatic carbocycles. The van der Waals surface area contributed by atoms with E-state index in [1.165, 1.54) is 0 Å². The van der Waals surface area contributed by atoms with Crippen LogP contribution in [-0.4, -0.2) is 37.7 Å². The fourth-order valence-corrected chi connectivity index (χ4v) is 2.02. The smallest absolute Gasteiger partial charge is 0.325 e. The predicted molar refractivity (Wildman–Crippen MR) is 112 cm³/mol. The lowest BCUT2D eigenvalue weighted by Crippen LogP contribution is -2.41. The summed E-state index contributed by atoms with van der Waals surface area (Å²) in [6, 6.07) is 6.00. The molecule has 0 bridgehead atoms. The number of rotatable bonds is 6. The highest BCUT2D eigenvalue weighted by molar-refractivity contribution is 14.0. The summed E-state index contributed by atoms with van der Waals surface area (Å²) in [5, 5.41) is 6.10. The lowest BCUT2D eigenvalue weighted by Gasteiger charge is -2.20. The number of aliphatic imine (C=N–C) groups is 1. The highest BCUT2D eigenvalue weighted by Crippen LogP contribution is 2.20. The standard InChI is InChI=1S/C18H29N3O3.HI/c1-7-19-17(21-12-16(22)24-18(3,4)5)20-11-14-9-8-13(2)10-15(14)23-6;/h8-10H,7,11-12H2,1-6H3,(H2,19,20,21);1H. The number of guanidine groups is 1. The van der Waals surface area contributed by atoms with Crippen LogP contribution in [0.15, 0.2) is 23.2 Å². The number of methoxy groups -OCH3 is 1. The lowest BCUT2D eigenvalue weighted by atomic mass is 10.1. The molecule has 0 aromatic heterocycles. The first-order chi connectivity index (χ1) is 11.2. The molecule has 2 N–H and O–H groups in total. The van der Waals surface area contributed by atoms with E-state index >= 15 is 0 Å². The average Bonchev–Trinajstić information content (AvgIpc) is 2.49. The van der Waals surface area contributed by atoms with E-state index in [1.807, 2.05) is 52.8 Å². The van der Waals surface area contributed by atoms with E-state index < -0.39 is 5.60 Å². The highest BCUT2D eigenvalue weighted by atomic mass is 127. The molecule has 0 aliphatic rings. The van der Waals surface area contributed by atoms with E-state index in [2.05, 4.69) is 15.6 Å². The Bertz CT molecular complexity index is 583. The van der Waals surface area contributed by atoms with Gasteiger partial charge in [-0.1, -0.05) is 12.1 Å². The van der Waals surface area contributed by atoms with Gasteiger partial charge < -0.3 is 20.1 Å². The maximum absolute atomic E-state index is 11.8. The fraction of sp³-hybridized carbons (Fsp3) is 0.556. The van der Waals surface area contributed by atoms with Crippen LogP contribution >= 0.6 is 24.0 Å². The molecule has 0 fully saturated rings. The van der Waals surface area contributed by atoms with Crippen molar-refractivity contribution in [3.63, 3.8) is 0 Å². The van der Waals surface area contributed by atoms with Crippen molar-refractivity contribution in [2.75, 3.05) is 20.2 Å². The molecule has 7 heteroatoms. The number of nitrogens with zero attached hydrogens (tertiary/aromatic N) is 1. The van der Waals surface area contributed by atoms with Crippen LogP contribution in [0, 0.1) is 6.92 Å². The summed E-state index contributed by atoms with van der Waals surface area (Å²) >= 11 is 0. The number of esters is 1. The molecule has 1 rings (SSSR count). The summed E-state index contributed by atoms with van der Waals surface area (Å²) < 4.78 is 10.7. The number of ether oxygens (including phenoxy) is 2. The minimum Gasteiger partial charge on any atom is -0.496 e. The average molecular weight is 463 g/mol. The van der Waals surface area contributed by atoms with Gasteiger partial charge in [0.15, 0.2) is 5.96 Å². The van der Waals surface area contributed by atoms with Crippen molar-refractivity contribution in [1.29, 1.82) is 0 Å². The van der Waals surface area contributed by atoms with Crippen LogP contribution in [0.5, 0.6) is 5.75 Å². The summed E-state index contributed by atoms with van der Waals surface area (Å²) in [5.74, 6) is 1.05. The number of aryl methyl sites for hydroxylation is 1. The van der Waals surface area contributed by atoms with E-state index in [4.69, 9.17) is 9.47 Å². The fourth-order valence-electron chi connectivity index (χ4n) is 2.02. The minimum atomic E-state index is -0.497. The van der Waals surface area contributed by atoms with Gasteiger partial charge in [0, 0.05) is 12.1 Å². The third kappa shape index (κ3) is 9.52. The van der Waals surface area contributed by atoms with Crippen molar-refractivity contribution in [3.8, 4) is 5.75 Å². The number of halogens is 1. The molecule has 0 heterocycles. The topological polar surface area (TPSA) is 72.0 Å². The van der Waals surface area contributed by atoms with Gasteiger partial charge in [0.1, 0.15) is 17.9 Å². The predicted octanol–water partition coefficient (Wildman–Crippen LogP) is 3.02. The molecule has 6 nitrogen and oxygen atoms in total. The number of hydrogen-bond acceptors (Lipinski definition) is 4. The van der Waals surface area contributed by atoms with E-state index in [-0.39, 0.29) is 36.5 Å². The van der Waals surface area contributed by atoms with Crippen molar-refractivity contribution in [3.05, 3.63) is 29.3 Å². The molecule has 0 spiro atoms. The maximum atomic E-state index is 11.8. The maximum Gasteiger partial charge on any atom is 0.325 e. The van der Waals surface area contributed by atoms with Crippen molar-refractivity contribution in [1.82, 2.24) is 10.6 Å². The monoisotopic (exact) mass is 463 g/mol.